The van der Waals surface area contributed by atoms with Crippen LogP contribution < -0.4 is 5.32 Å². The largest absolute Gasteiger partial charge is 0.351 e. The molecule has 0 amide bonds. The molecule has 1 rings (SSSR count). The van der Waals surface area contributed by atoms with Crippen LogP contribution in [0.1, 0.15) is 19.8 Å². The first-order valence-corrected chi connectivity index (χ1v) is 5.51. The fourth-order valence-electron chi connectivity index (χ4n) is 1.01. The zero-order valence-corrected chi connectivity index (χ0v) is 10.2. The molecule has 0 aliphatic carbocycles. The average Bonchev–Trinajstić information content (AvgIpc) is 2.20. The van der Waals surface area contributed by atoms with E-state index in [1.807, 2.05) is 0 Å². The van der Waals surface area contributed by atoms with Gasteiger partial charge in [-0.2, -0.15) is 0 Å². The lowest BCUT2D eigenvalue weighted by molar-refractivity contribution is 0.706. The highest BCUT2D eigenvalue weighted by Crippen LogP contribution is 2.07. The second kappa shape index (κ2) is 5.81. The molecule has 3 nitrogen and oxygen atoms in total. The Morgan fingerprint density at radius 2 is 2.21 bits per heavy atom. The van der Waals surface area contributed by atoms with E-state index in [4.69, 9.17) is 6.42 Å². The number of aromatic nitrogens is 2. The first kappa shape index (κ1) is 11.2. The van der Waals surface area contributed by atoms with E-state index in [2.05, 4.69) is 50.7 Å². The van der Waals surface area contributed by atoms with Crippen molar-refractivity contribution in [2.24, 2.45) is 0 Å². The van der Waals surface area contributed by atoms with Crippen LogP contribution >= 0.6 is 22.6 Å². The first-order chi connectivity index (χ1) is 6.76. The summed E-state index contributed by atoms with van der Waals surface area (Å²) in [6, 6.07) is 0.264. The lowest BCUT2D eigenvalue weighted by Crippen LogP contribution is -2.19. The second-order valence-electron chi connectivity index (χ2n) is 2.88. The molecule has 0 aliphatic rings. The van der Waals surface area contributed by atoms with Gasteiger partial charge in [0.25, 0.3) is 0 Å². The van der Waals surface area contributed by atoms with E-state index in [9.17, 15) is 0 Å². The molecule has 0 saturated heterocycles. The molecular formula is C10H12IN3. The molecule has 1 aromatic rings. The monoisotopic (exact) mass is 301 g/mol. The fourth-order valence-corrected chi connectivity index (χ4v) is 1.29. The van der Waals surface area contributed by atoms with Crippen LogP contribution in [0.3, 0.4) is 0 Å². The van der Waals surface area contributed by atoms with Crippen LogP contribution in [0.5, 0.6) is 0 Å². The first-order valence-electron chi connectivity index (χ1n) is 4.43. The van der Waals surface area contributed by atoms with Crippen molar-refractivity contribution in [1.29, 1.82) is 0 Å². The Hall–Kier alpha value is -0.830. The minimum Gasteiger partial charge on any atom is -0.351 e. The van der Waals surface area contributed by atoms with Crippen molar-refractivity contribution < 1.29 is 0 Å². The van der Waals surface area contributed by atoms with Gasteiger partial charge < -0.3 is 5.32 Å². The van der Waals surface area contributed by atoms with Crippen LogP contribution in [0.15, 0.2) is 12.4 Å². The number of anilines is 1. The van der Waals surface area contributed by atoms with Crippen molar-refractivity contribution in [2.75, 3.05) is 5.32 Å². The molecule has 1 unspecified atom stereocenters. The summed E-state index contributed by atoms with van der Waals surface area (Å²) in [5.41, 5.74) is 0. The number of nitrogens with zero attached hydrogens (tertiary/aromatic N) is 2. The van der Waals surface area contributed by atoms with Gasteiger partial charge in [-0.25, -0.2) is 9.97 Å². The molecule has 0 spiro atoms. The summed E-state index contributed by atoms with van der Waals surface area (Å²) in [5, 5.41) is 3.19. The summed E-state index contributed by atoms with van der Waals surface area (Å²) in [7, 11) is 0. The molecule has 4 heteroatoms. The summed E-state index contributed by atoms with van der Waals surface area (Å²) >= 11 is 2.17. The van der Waals surface area contributed by atoms with Crippen molar-refractivity contribution in [3.8, 4) is 12.3 Å². The summed E-state index contributed by atoms with van der Waals surface area (Å²) < 4.78 is 1.03. The van der Waals surface area contributed by atoms with Crippen LogP contribution in [-0.4, -0.2) is 16.0 Å². The zero-order valence-electron chi connectivity index (χ0n) is 8.00. The maximum atomic E-state index is 5.25. The third-order valence-electron chi connectivity index (χ3n) is 1.81. The van der Waals surface area contributed by atoms with E-state index in [0.717, 1.165) is 9.99 Å². The molecule has 0 aliphatic heterocycles. The SMILES string of the molecule is C#CCC(CC)Nc1ncc(I)cn1. The third kappa shape index (κ3) is 3.50. The van der Waals surface area contributed by atoms with Crippen LogP contribution in [-0.2, 0) is 0 Å². The Morgan fingerprint density at radius 1 is 1.57 bits per heavy atom. The topological polar surface area (TPSA) is 37.8 Å². The van der Waals surface area contributed by atoms with Crippen LogP contribution in [0.25, 0.3) is 0 Å². The minimum atomic E-state index is 0.264. The van der Waals surface area contributed by atoms with Crippen molar-refractivity contribution in [2.45, 2.75) is 25.8 Å². The van der Waals surface area contributed by atoms with Crippen molar-refractivity contribution in [3.63, 3.8) is 0 Å². The van der Waals surface area contributed by atoms with E-state index in [0.29, 0.717) is 12.4 Å². The van der Waals surface area contributed by atoms with E-state index in [1.165, 1.54) is 0 Å². The number of rotatable bonds is 4. The van der Waals surface area contributed by atoms with E-state index in [-0.39, 0.29) is 6.04 Å². The summed E-state index contributed by atoms with van der Waals surface area (Å²) in [6.07, 6.45) is 10.5. The molecule has 1 aromatic heterocycles. The number of nitrogens with one attached hydrogen (secondary N) is 1. The highest BCUT2D eigenvalue weighted by atomic mass is 127. The molecule has 14 heavy (non-hydrogen) atoms. The zero-order chi connectivity index (χ0) is 10.4. The molecule has 1 N–H and O–H groups in total. The van der Waals surface area contributed by atoms with Gasteiger partial charge in [0.1, 0.15) is 0 Å². The molecule has 1 heterocycles. The van der Waals surface area contributed by atoms with Gasteiger partial charge in [0, 0.05) is 28.4 Å². The molecule has 0 saturated carbocycles. The number of halogens is 1. The van der Waals surface area contributed by atoms with Crippen molar-refractivity contribution in [3.05, 3.63) is 16.0 Å². The summed E-state index contributed by atoms with van der Waals surface area (Å²) in [5.74, 6) is 3.28. The van der Waals surface area contributed by atoms with Crippen LogP contribution in [0, 0.1) is 15.9 Å². The lowest BCUT2D eigenvalue weighted by atomic mass is 10.2. The van der Waals surface area contributed by atoms with Crippen molar-refractivity contribution >= 4 is 28.5 Å². The van der Waals surface area contributed by atoms with Gasteiger partial charge in [-0.3, -0.25) is 0 Å². The number of hydrogen-bond donors (Lipinski definition) is 1. The quantitative estimate of drug-likeness (QED) is 0.685. The predicted molar refractivity (Wildman–Crippen MR) is 65.9 cm³/mol. The van der Waals surface area contributed by atoms with Gasteiger partial charge in [0.15, 0.2) is 0 Å². The molecule has 74 valence electrons. The third-order valence-corrected chi connectivity index (χ3v) is 2.37. The van der Waals surface area contributed by atoms with Gasteiger partial charge in [-0.05, 0) is 29.0 Å². The van der Waals surface area contributed by atoms with Crippen LogP contribution in [0.2, 0.25) is 0 Å². The van der Waals surface area contributed by atoms with E-state index in [1.54, 1.807) is 12.4 Å². The minimum absolute atomic E-state index is 0.264. The smallest absolute Gasteiger partial charge is 0.222 e. The predicted octanol–water partition coefficient (Wildman–Crippen LogP) is 2.29. The van der Waals surface area contributed by atoms with Gasteiger partial charge in [0.05, 0.1) is 0 Å². The van der Waals surface area contributed by atoms with E-state index >= 15 is 0 Å². The molecule has 1 atom stereocenters. The Kier molecular flexibility index (Phi) is 4.66. The van der Waals surface area contributed by atoms with Gasteiger partial charge in [-0.1, -0.05) is 6.92 Å². The normalized spacial score (nSPS) is 11.8. The Bertz CT molecular complexity index is 315. The van der Waals surface area contributed by atoms with Crippen molar-refractivity contribution in [1.82, 2.24) is 9.97 Å². The van der Waals surface area contributed by atoms with Gasteiger partial charge in [0.2, 0.25) is 5.95 Å². The Labute approximate surface area is 97.9 Å². The summed E-state index contributed by atoms with van der Waals surface area (Å²) in [6.45, 7) is 2.09. The second-order valence-corrected chi connectivity index (χ2v) is 4.13. The fraction of sp³-hybridized carbons (Fsp3) is 0.400. The highest BCUT2D eigenvalue weighted by Gasteiger charge is 2.05. The molecular weight excluding hydrogens is 289 g/mol. The average molecular weight is 301 g/mol. The van der Waals surface area contributed by atoms with Crippen LogP contribution in [0.4, 0.5) is 5.95 Å². The number of terminal acetylenes is 1. The lowest BCUT2D eigenvalue weighted by Gasteiger charge is -2.13. The van der Waals surface area contributed by atoms with Gasteiger partial charge in [-0.15, -0.1) is 12.3 Å². The highest BCUT2D eigenvalue weighted by molar-refractivity contribution is 14.1. The Morgan fingerprint density at radius 3 is 2.71 bits per heavy atom. The Balaban J connectivity index is 2.59. The van der Waals surface area contributed by atoms with Gasteiger partial charge >= 0.3 is 0 Å². The standard InChI is InChI=1S/C10H12IN3/c1-3-5-9(4-2)14-10-12-6-8(11)7-13-10/h1,6-7,9H,4-5H2,2H3,(H,12,13,14). The molecule has 0 fully saturated rings. The molecule has 0 bridgehead atoms. The van der Waals surface area contributed by atoms with E-state index < -0.39 is 0 Å². The summed E-state index contributed by atoms with van der Waals surface area (Å²) in [4.78, 5) is 8.30. The maximum absolute atomic E-state index is 5.25. The number of hydrogen-bond acceptors (Lipinski definition) is 3. The molecule has 0 aromatic carbocycles. The maximum Gasteiger partial charge on any atom is 0.222 e. The molecule has 0 radical (unpaired) electrons.